The van der Waals surface area contributed by atoms with E-state index in [9.17, 15) is 8.42 Å². The minimum absolute atomic E-state index is 0.142. The Morgan fingerprint density at radius 2 is 2.06 bits per heavy atom. The van der Waals surface area contributed by atoms with E-state index in [1.165, 1.54) is 11.3 Å². The molecule has 1 aromatic heterocycles. The molecule has 0 N–H and O–H groups in total. The van der Waals surface area contributed by atoms with Crippen LogP contribution in [0.25, 0.3) is 4.91 Å². The third-order valence-electron chi connectivity index (χ3n) is 2.93. The van der Waals surface area contributed by atoms with Crippen LogP contribution < -0.4 is 0 Å². The van der Waals surface area contributed by atoms with E-state index in [4.69, 9.17) is 0 Å². The van der Waals surface area contributed by atoms with Crippen LogP contribution >= 0.6 is 11.3 Å². The zero-order valence-corrected chi connectivity index (χ0v) is 12.4. The van der Waals surface area contributed by atoms with Crippen molar-refractivity contribution in [1.29, 1.82) is 0 Å². The van der Waals surface area contributed by atoms with Gasteiger partial charge >= 0.3 is 0 Å². The smallest absolute Gasteiger partial charge is 0.180 e. The highest BCUT2D eigenvalue weighted by Gasteiger charge is 2.43. The minimum atomic E-state index is -3.08. The summed E-state index contributed by atoms with van der Waals surface area (Å²) in [5.41, 5.74) is 0. The molecule has 0 saturated carbocycles. The molecule has 0 bridgehead atoms. The third kappa shape index (κ3) is 1.91. The topological polar surface area (TPSA) is 34.1 Å². The maximum atomic E-state index is 12.4. The van der Waals surface area contributed by atoms with Gasteiger partial charge in [-0.1, -0.05) is 31.8 Å². The summed E-state index contributed by atoms with van der Waals surface area (Å²) in [7, 11) is -4.72. The minimum Gasteiger partial charge on any atom is -0.224 e. The van der Waals surface area contributed by atoms with Gasteiger partial charge in [0.1, 0.15) is 0 Å². The zero-order chi connectivity index (χ0) is 12.0. The fourth-order valence-corrected chi connectivity index (χ4v) is 9.50. The lowest BCUT2D eigenvalue weighted by molar-refractivity contribution is 0.603. The van der Waals surface area contributed by atoms with Gasteiger partial charge in [0.15, 0.2) is 9.84 Å². The van der Waals surface area contributed by atoms with Gasteiger partial charge in [-0.3, -0.25) is 0 Å². The van der Waals surface area contributed by atoms with Crippen LogP contribution in [-0.2, 0) is 9.84 Å². The molecule has 1 unspecified atom stereocenters. The number of rotatable bonds is 2. The standard InChI is InChI=1S/C11H16O2S2Si/c1-16(2,3)11-7-6-10(15(11,12)13)9-5-4-8-14-9/h4-6,8,11H,7H2,1-3H3. The van der Waals surface area contributed by atoms with Crippen LogP contribution in [0.1, 0.15) is 11.3 Å². The zero-order valence-electron chi connectivity index (χ0n) is 9.73. The molecule has 0 aliphatic carbocycles. The molecule has 0 spiro atoms. The highest BCUT2D eigenvalue weighted by atomic mass is 32.2. The van der Waals surface area contributed by atoms with Gasteiger partial charge in [-0.15, -0.1) is 11.3 Å². The fourth-order valence-electron chi connectivity index (χ4n) is 2.09. The first-order chi connectivity index (χ1) is 7.33. The van der Waals surface area contributed by atoms with Gasteiger partial charge in [-0.05, 0) is 17.9 Å². The molecule has 0 radical (unpaired) electrons. The molecule has 0 fully saturated rings. The Balaban J connectivity index is 2.42. The van der Waals surface area contributed by atoms with Gasteiger partial charge in [0, 0.05) is 4.88 Å². The Morgan fingerprint density at radius 3 is 2.50 bits per heavy atom. The highest BCUT2D eigenvalue weighted by molar-refractivity contribution is 8.03. The lowest BCUT2D eigenvalue weighted by Gasteiger charge is -2.24. The summed E-state index contributed by atoms with van der Waals surface area (Å²) in [4.78, 5) is 1.31. The van der Waals surface area contributed by atoms with E-state index in [1.54, 1.807) is 0 Å². The van der Waals surface area contributed by atoms with Crippen molar-refractivity contribution in [2.24, 2.45) is 0 Å². The van der Waals surface area contributed by atoms with E-state index in [0.717, 1.165) is 4.88 Å². The van der Waals surface area contributed by atoms with Crippen LogP contribution in [0, 0.1) is 0 Å². The molecule has 1 aliphatic rings. The Bertz CT molecular complexity index is 507. The van der Waals surface area contributed by atoms with Gasteiger partial charge in [-0.25, -0.2) is 8.42 Å². The summed E-state index contributed by atoms with van der Waals surface area (Å²) >= 11 is 1.50. The first-order valence-electron chi connectivity index (χ1n) is 5.31. The summed E-state index contributed by atoms with van der Waals surface area (Å²) in [5, 5.41) is 1.92. The molecular formula is C11H16O2S2Si. The number of hydrogen-bond acceptors (Lipinski definition) is 3. The van der Waals surface area contributed by atoms with Gasteiger partial charge in [0.25, 0.3) is 0 Å². The monoisotopic (exact) mass is 272 g/mol. The largest absolute Gasteiger partial charge is 0.224 e. The van der Waals surface area contributed by atoms with E-state index in [-0.39, 0.29) is 4.87 Å². The van der Waals surface area contributed by atoms with E-state index in [0.29, 0.717) is 11.3 Å². The summed E-state index contributed by atoms with van der Waals surface area (Å²) in [6, 6.07) is 3.79. The van der Waals surface area contributed by atoms with Crippen LogP contribution in [-0.4, -0.2) is 21.4 Å². The first-order valence-corrected chi connectivity index (χ1v) is 11.3. The van der Waals surface area contributed by atoms with Crippen molar-refractivity contribution >= 4 is 34.2 Å². The lowest BCUT2D eigenvalue weighted by Crippen LogP contribution is -2.41. The second-order valence-corrected chi connectivity index (χ2v) is 14.1. The van der Waals surface area contributed by atoms with Gasteiger partial charge in [0.2, 0.25) is 0 Å². The SMILES string of the molecule is C[Si](C)(C)C1CC=C(c2cccs2)S1(=O)=O. The first kappa shape index (κ1) is 12.1. The Labute approximate surface area is 102 Å². The second kappa shape index (κ2) is 3.82. The summed E-state index contributed by atoms with van der Waals surface area (Å²) < 4.78 is 24.8. The van der Waals surface area contributed by atoms with Crippen LogP contribution in [0.5, 0.6) is 0 Å². The molecule has 0 amide bonds. The third-order valence-corrected chi connectivity index (χ3v) is 11.1. The van der Waals surface area contributed by atoms with E-state index >= 15 is 0 Å². The average Bonchev–Trinajstić information content (AvgIpc) is 2.68. The Kier molecular flexibility index (Phi) is 2.88. The summed E-state index contributed by atoms with van der Waals surface area (Å²) in [6.07, 6.45) is 2.61. The molecule has 2 rings (SSSR count). The lowest BCUT2D eigenvalue weighted by atomic mass is 10.3. The van der Waals surface area contributed by atoms with Crippen molar-refractivity contribution in [1.82, 2.24) is 0 Å². The summed E-state index contributed by atoms with van der Waals surface area (Å²) in [5.74, 6) is 0. The molecule has 1 aromatic rings. The van der Waals surface area contributed by atoms with Crippen molar-refractivity contribution in [3.63, 3.8) is 0 Å². The highest BCUT2D eigenvalue weighted by Crippen LogP contribution is 2.38. The second-order valence-electron chi connectivity index (χ2n) is 5.18. The fraction of sp³-hybridized carbons (Fsp3) is 0.455. The molecule has 0 aromatic carbocycles. The Hall–Kier alpha value is -0.393. The molecule has 88 valence electrons. The van der Waals surface area contributed by atoms with Gasteiger partial charge in [-0.2, -0.15) is 0 Å². The molecule has 2 heterocycles. The van der Waals surface area contributed by atoms with Crippen LogP contribution in [0.2, 0.25) is 19.6 Å². The van der Waals surface area contributed by atoms with Crippen LogP contribution in [0.15, 0.2) is 23.6 Å². The van der Waals surface area contributed by atoms with Crippen molar-refractivity contribution < 1.29 is 8.42 Å². The van der Waals surface area contributed by atoms with E-state index in [1.807, 2.05) is 23.6 Å². The number of hydrogen-bond donors (Lipinski definition) is 0. The van der Waals surface area contributed by atoms with Crippen LogP contribution in [0.4, 0.5) is 0 Å². The molecule has 2 nitrogen and oxygen atoms in total. The average molecular weight is 272 g/mol. The van der Waals surface area contributed by atoms with Crippen molar-refractivity contribution in [2.45, 2.75) is 30.9 Å². The van der Waals surface area contributed by atoms with Gasteiger partial charge < -0.3 is 0 Å². The number of thiophene rings is 1. The van der Waals surface area contributed by atoms with Crippen molar-refractivity contribution in [3.8, 4) is 0 Å². The predicted molar refractivity (Wildman–Crippen MR) is 73.0 cm³/mol. The Morgan fingerprint density at radius 1 is 1.38 bits per heavy atom. The molecule has 1 atom stereocenters. The molecule has 16 heavy (non-hydrogen) atoms. The quantitative estimate of drug-likeness (QED) is 0.775. The number of allylic oxidation sites excluding steroid dienone is 1. The maximum absolute atomic E-state index is 12.4. The maximum Gasteiger partial charge on any atom is 0.180 e. The molecule has 1 aliphatic heterocycles. The number of sulfone groups is 1. The van der Waals surface area contributed by atoms with E-state index in [2.05, 4.69) is 19.6 Å². The summed E-state index contributed by atoms with van der Waals surface area (Å²) in [6.45, 7) is 6.38. The molecular weight excluding hydrogens is 256 g/mol. The normalized spacial score (nSPS) is 24.4. The van der Waals surface area contributed by atoms with Crippen molar-refractivity contribution in [2.75, 3.05) is 0 Å². The van der Waals surface area contributed by atoms with E-state index < -0.39 is 17.9 Å². The molecule has 0 saturated heterocycles. The predicted octanol–water partition coefficient (Wildman–Crippen LogP) is 3.15. The molecule has 5 heteroatoms. The van der Waals surface area contributed by atoms with Crippen LogP contribution in [0.3, 0.4) is 0 Å². The van der Waals surface area contributed by atoms with Gasteiger partial charge in [0.05, 0.1) is 17.9 Å². The van der Waals surface area contributed by atoms with Crippen molar-refractivity contribution in [3.05, 3.63) is 28.5 Å².